The Hall–Kier alpha value is -2.64. The number of hydrogen-bond donors (Lipinski definition) is 2. The first-order valence-electron chi connectivity index (χ1n) is 6.91. The van der Waals surface area contributed by atoms with Gasteiger partial charge in [0.05, 0.1) is 5.69 Å². The first-order chi connectivity index (χ1) is 10.5. The summed E-state index contributed by atoms with van der Waals surface area (Å²) in [5.41, 5.74) is 1.05. The maximum atomic E-state index is 11.7. The van der Waals surface area contributed by atoms with Gasteiger partial charge in [-0.2, -0.15) is 0 Å². The second-order valence-electron chi connectivity index (χ2n) is 4.56. The molecule has 0 unspecified atom stereocenters. The Morgan fingerprint density at radius 3 is 2.27 bits per heavy atom. The molecule has 1 aliphatic rings. The summed E-state index contributed by atoms with van der Waals surface area (Å²) in [5, 5.41) is 18.7. The molecule has 1 aromatic heterocycles. The van der Waals surface area contributed by atoms with Crippen molar-refractivity contribution in [2.75, 3.05) is 18.1 Å². The van der Waals surface area contributed by atoms with Crippen molar-refractivity contribution in [3.63, 3.8) is 0 Å². The molecule has 8 heteroatoms. The fourth-order valence-corrected chi connectivity index (χ4v) is 2.01. The predicted molar refractivity (Wildman–Crippen MR) is 78.1 cm³/mol. The minimum absolute atomic E-state index is 0.227. The number of pyridine rings is 1. The van der Waals surface area contributed by atoms with Gasteiger partial charge in [-0.15, -0.1) is 0 Å². The summed E-state index contributed by atoms with van der Waals surface area (Å²) in [6.45, 7) is 3.83. The van der Waals surface area contributed by atoms with E-state index in [-0.39, 0.29) is 5.91 Å². The van der Waals surface area contributed by atoms with Crippen LogP contribution in [0, 0.1) is 0 Å². The summed E-state index contributed by atoms with van der Waals surface area (Å²) in [7, 11) is 0. The Balaban J connectivity index is 0.000000346. The smallest absolute Gasteiger partial charge is 0.414 e. The number of hydrazine groups is 1. The quantitative estimate of drug-likeness (QED) is 0.798. The van der Waals surface area contributed by atoms with E-state index in [0.29, 0.717) is 6.42 Å². The first-order valence-corrected chi connectivity index (χ1v) is 6.91. The number of carbonyl (C=O) groups excluding carboxylic acids is 1. The SMILES string of the molecule is CCCN(c1ccncc1)N1CCCC1=O.O=C(O)C(=O)O. The normalized spacial score (nSPS) is 13.3. The molecule has 0 atom stereocenters. The van der Waals surface area contributed by atoms with E-state index >= 15 is 0 Å². The molecule has 2 heterocycles. The van der Waals surface area contributed by atoms with E-state index in [1.54, 1.807) is 12.4 Å². The molecule has 2 rings (SSSR count). The van der Waals surface area contributed by atoms with Crippen LogP contribution in [-0.4, -0.2) is 51.1 Å². The summed E-state index contributed by atoms with van der Waals surface area (Å²) in [5.74, 6) is -3.42. The lowest BCUT2D eigenvalue weighted by molar-refractivity contribution is -0.159. The van der Waals surface area contributed by atoms with Crippen molar-refractivity contribution >= 4 is 23.5 Å². The third-order valence-electron chi connectivity index (χ3n) is 2.92. The van der Waals surface area contributed by atoms with Crippen molar-refractivity contribution in [1.82, 2.24) is 9.99 Å². The first kappa shape index (κ1) is 17.4. The van der Waals surface area contributed by atoms with E-state index in [1.807, 2.05) is 17.1 Å². The minimum Gasteiger partial charge on any atom is -0.473 e. The lowest BCUT2D eigenvalue weighted by Crippen LogP contribution is -2.44. The molecule has 8 nitrogen and oxygen atoms in total. The van der Waals surface area contributed by atoms with E-state index in [9.17, 15) is 4.79 Å². The van der Waals surface area contributed by atoms with Crippen molar-refractivity contribution in [2.45, 2.75) is 26.2 Å². The van der Waals surface area contributed by atoms with E-state index in [4.69, 9.17) is 19.8 Å². The van der Waals surface area contributed by atoms with Crippen molar-refractivity contribution < 1.29 is 24.6 Å². The van der Waals surface area contributed by atoms with Crippen LogP contribution in [0.1, 0.15) is 26.2 Å². The number of rotatable bonds is 4. The molecule has 0 radical (unpaired) electrons. The molecule has 1 saturated heterocycles. The Kier molecular flexibility index (Phi) is 6.81. The fourth-order valence-electron chi connectivity index (χ4n) is 2.01. The largest absolute Gasteiger partial charge is 0.473 e. The number of aliphatic carboxylic acids is 2. The highest BCUT2D eigenvalue weighted by Gasteiger charge is 2.25. The summed E-state index contributed by atoms with van der Waals surface area (Å²) >= 11 is 0. The Morgan fingerprint density at radius 2 is 1.86 bits per heavy atom. The van der Waals surface area contributed by atoms with Crippen LogP contribution in [0.15, 0.2) is 24.5 Å². The molecule has 22 heavy (non-hydrogen) atoms. The van der Waals surface area contributed by atoms with Gasteiger partial charge in [0.15, 0.2) is 0 Å². The zero-order valence-electron chi connectivity index (χ0n) is 12.3. The minimum atomic E-state index is -1.82. The Bertz CT molecular complexity index is 508. The van der Waals surface area contributed by atoms with Crippen molar-refractivity contribution in [3.05, 3.63) is 24.5 Å². The molecule has 1 amide bonds. The number of carboxylic acid groups (broad SMARTS) is 2. The van der Waals surface area contributed by atoms with Gasteiger partial charge < -0.3 is 10.2 Å². The number of carbonyl (C=O) groups is 3. The standard InChI is InChI=1S/C12H17N3O.C2H2O4/c1-2-9-14(11-5-7-13-8-6-11)15-10-3-4-12(15)16;3-1(4)2(5)6/h5-8H,2-4,9-10H2,1H3;(H,3,4)(H,5,6). The average molecular weight is 309 g/mol. The summed E-state index contributed by atoms with van der Waals surface area (Å²) < 4.78 is 0. The molecule has 0 saturated carbocycles. The van der Waals surface area contributed by atoms with Crippen LogP contribution in [0.4, 0.5) is 5.69 Å². The summed E-state index contributed by atoms with van der Waals surface area (Å²) in [6.07, 6.45) is 6.18. The van der Waals surface area contributed by atoms with Crippen LogP contribution < -0.4 is 5.01 Å². The van der Waals surface area contributed by atoms with Gasteiger partial charge in [0.25, 0.3) is 0 Å². The number of nitrogens with zero attached hydrogens (tertiary/aromatic N) is 3. The highest BCUT2D eigenvalue weighted by Crippen LogP contribution is 2.20. The molecule has 0 spiro atoms. The molecular weight excluding hydrogens is 290 g/mol. The summed E-state index contributed by atoms with van der Waals surface area (Å²) in [6, 6.07) is 3.89. The van der Waals surface area contributed by atoms with E-state index in [1.165, 1.54) is 0 Å². The van der Waals surface area contributed by atoms with Gasteiger partial charge in [0.1, 0.15) is 0 Å². The van der Waals surface area contributed by atoms with E-state index < -0.39 is 11.9 Å². The number of amides is 1. The maximum Gasteiger partial charge on any atom is 0.414 e. The lowest BCUT2D eigenvalue weighted by atomic mass is 10.3. The van der Waals surface area contributed by atoms with Gasteiger partial charge >= 0.3 is 11.9 Å². The van der Waals surface area contributed by atoms with Gasteiger partial charge in [-0.25, -0.2) is 9.59 Å². The molecule has 1 fully saturated rings. The maximum absolute atomic E-state index is 11.7. The molecule has 120 valence electrons. The third-order valence-corrected chi connectivity index (χ3v) is 2.92. The van der Waals surface area contributed by atoms with Gasteiger partial charge in [-0.3, -0.25) is 19.8 Å². The van der Waals surface area contributed by atoms with Gasteiger partial charge in [0, 0.05) is 31.9 Å². The van der Waals surface area contributed by atoms with Crippen molar-refractivity contribution in [1.29, 1.82) is 0 Å². The number of hydrogen-bond acceptors (Lipinski definition) is 5. The molecule has 1 aromatic rings. The Labute approximate surface area is 127 Å². The van der Waals surface area contributed by atoms with Crippen LogP contribution in [0.5, 0.6) is 0 Å². The molecule has 2 N–H and O–H groups in total. The second kappa shape index (κ2) is 8.60. The van der Waals surface area contributed by atoms with Crippen LogP contribution in [0.2, 0.25) is 0 Å². The van der Waals surface area contributed by atoms with Gasteiger partial charge in [-0.1, -0.05) is 6.92 Å². The highest BCUT2D eigenvalue weighted by atomic mass is 16.4. The van der Waals surface area contributed by atoms with E-state index in [0.717, 1.165) is 31.6 Å². The number of anilines is 1. The van der Waals surface area contributed by atoms with Crippen LogP contribution in [0.3, 0.4) is 0 Å². The van der Waals surface area contributed by atoms with Crippen molar-refractivity contribution in [2.24, 2.45) is 0 Å². The highest BCUT2D eigenvalue weighted by molar-refractivity contribution is 6.27. The average Bonchev–Trinajstić information content (AvgIpc) is 2.92. The Morgan fingerprint density at radius 1 is 1.27 bits per heavy atom. The van der Waals surface area contributed by atoms with Crippen LogP contribution in [-0.2, 0) is 14.4 Å². The topological polar surface area (TPSA) is 111 Å². The van der Waals surface area contributed by atoms with Crippen LogP contribution in [0.25, 0.3) is 0 Å². The number of aromatic nitrogens is 1. The monoisotopic (exact) mass is 309 g/mol. The predicted octanol–water partition coefficient (Wildman–Crippen LogP) is 0.991. The van der Waals surface area contributed by atoms with Crippen LogP contribution >= 0.6 is 0 Å². The zero-order chi connectivity index (χ0) is 16.5. The van der Waals surface area contributed by atoms with Gasteiger partial charge in [0.2, 0.25) is 5.91 Å². The lowest BCUT2D eigenvalue weighted by Gasteiger charge is -2.33. The van der Waals surface area contributed by atoms with Crippen molar-refractivity contribution in [3.8, 4) is 0 Å². The fraction of sp³-hybridized carbons (Fsp3) is 0.429. The summed E-state index contributed by atoms with van der Waals surface area (Å²) in [4.78, 5) is 33.9. The molecule has 1 aliphatic heterocycles. The third kappa shape index (κ3) is 5.04. The zero-order valence-corrected chi connectivity index (χ0v) is 12.3. The molecule has 0 bridgehead atoms. The molecule has 0 aromatic carbocycles. The number of carboxylic acids is 2. The van der Waals surface area contributed by atoms with E-state index in [2.05, 4.69) is 16.9 Å². The molecule has 0 aliphatic carbocycles. The van der Waals surface area contributed by atoms with Gasteiger partial charge in [-0.05, 0) is 25.0 Å². The second-order valence-corrected chi connectivity index (χ2v) is 4.56. The molecular formula is C14H19N3O5.